The van der Waals surface area contributed by atoms with E-state index in [9.17, 15) is 0 Å². The molecule has 1 aliphatic heterocycles. The normalized spacial score (nSPS) is 17.8. The van der Waals surface area contributed by atoms with Gasteiger partial charge in [-0.2, -0.15) is 0 Å². The lowest BCUT2D eigenvalue weighted by Gasteiger charge is -2.32. The first-order valence-corrected chi connectivity index (χ1v) is 6.03. The maximum atomic E-state index is 5.21. The molecule has 0 atom stereocenters. The number of nitrogens with zero attached hydrogens (tertiary/aromatic N) is 1. The third-order valence-corrected chi connectivity index (χ3v) is 3.34. The molecule has 88 valence electrons. The Morgan fingerprint density at radius 2 is 1.88 bits per heavy atom. The van der Waals surface area contributed by atoms with E-state index in [2.05, 4.69) is 36.1 Å². The van der Waals surface area contributed by atoms with Gasteiger partial charge in [0.2, 0.25) is 0 Å². The van der Waals surface area contributed by atoms with Crippen LogP contribution in [0.5, 0.6) is 0 Å². The topological polar surface area (TPSA) is 38.5 Å². The van der Waals surface area contributed by atoms with Crippen LogP contribution >= 0.6 is 0 Å². The number of nitrogens with two attached hydrogens (primary N) is 1. The van der Waals surface area contributed by atoms with Gasteiger partial charge in [-0.1, -0.05) is 19.1 Å². The molecule has 1 heterocycles. The molecular formula is C13H20N2O. The van der Waals surface area contributed by atoms with E-state index in [0.717, 1.165) is 32.4 Å². The van der Waals surface area contributed by atoms with Gasteiger partial charge in [-0.05, 0) is 37.0 Å². The Bertz CT molecular complexity index is 315. The van der Waals surface area contributed by atoms with Crippen LogP contribution in [0.3, 0.4) is 0 Å². The summed E-state index contributed by atoms with van der Waals surface area (Å²) in [6.45, 7) is 4.25. The van der Waals surface area contributed by atoms with Gasteiger partial charge in [0.1, 0.15) is 0 Å². The molecule has 0 bridgehead atoms. The average Bonchev–Trinajstić information content (AvgIpc) is 2.39. The molecule has 0 radical (unpaired) electrons. The van der Waals surface area contributed by atoms with Gasteiger partial charge in [-0.3, -0.25) is 0 Å². The molecule has 1 aromatic carbocycles. The first kappa shape index (κ1) is 11.4. The van der Waals surface area contributed by atoms with Gasteiger partial charge in [-0.25, -0.2) is 5.90 Å². The largest absolute Gasteiger partial charge is 0.371 e. The van der Waals surface area contributed by atoms with Gasteiger partial charge < -0.3 is 9.74 Å². The van der Waals surface area contributed by atoms with Crippen LogP contribution in [0.15, 0.2) is 24.3 Å². The third kappa shape index (κ3) is 2.54. The lowest BCUT2D eigenvalue weighted by atomic mass is 10.1. The summed E-state index contributed by atoms with van der Waals surface area (Å²) in [6, 6.07) is 8.84. The summed E-state index contributed by atoms with van der Waals surface area (Å²) >= 11 is 0. The molecule has 2 N–H and O–H groups in total. The van der Waals surface area contributed by atoms with Crippen molar-refractivity contribution in [2.75, 3.05) is 18.0 Å². The molecule has 16 heavy (non-hydrogen) atoms. The molecule has 1 saturated heterocycles. The van der Waals surface area contributed by atoms with Crippen LogP contribution in [0, 0.1) is 0 Å². The number of anilines is 1. The van der Waals surface area contributed by atoms with Gasteiger partial charge in [0, 0.05) is 18.8 Å². The summed E-state index contributed by atoms with van der Waals surface area (Å²) in [5, 5.41) is 0. The van der Waals surface area contributed by atoms with E-state index in [0.29, 0.717) is 0 Å². The van der Waals surface area contributed by atoms with E-state index >= 15 is 0 Å². The van der Waals surface area contributed by atoms with E-state index in [1.807, 2.05) is 0 Å². The van der Waals surface area contributed by atoms with Crippen LogP contribution in [0.4, 0.5) is 5.69 Å². The second-order valence-corrected chi connectivity index (χ2v) is 4.34. The first-order valence-electron chi connectivity index (χ1n) is 6.03. The smallest absolute Gasteiger partial charge is 0.0821 e. The average molecular weight is 220 g/mol. The van der Waals surface area contributed by atoms with Crippen molar-refractivity contribution in [3.05, 3.63) is 29.8 Å². The minimum atomic E-state index is 0.242. The van der Waals surface area contributed by atoms with Gasteiger partial charge in [-0.15, -0.1) is 0 Å². The molecule has 3 nitrogen and oxygen atoms in total. The molecule has 0 unspecified atom stereocenters. The molecule has 1 fully saturated rings. The van der Waals surface area contributed by atoms with Crippen molar-refractivity contribution in [1.82, 2.24) is 0 Å². The lowest BCUT2D eigenvalue weighted by molar-refractivity contribution is 0.0368. The standard InChI is InChI=1S/C13H20N2O/c1-2-11-3-5-12(6-4-11)15-9-7-13(16-14)8-10-15/h3-6,13H,2,7-10,14H2,1H3. The van der Waals surface area contributed by atoms with E-state index < -0.39 is 0 Å². The number of hydrogen-bond acceptors (Lipinski definition) is 3. The Kier molecular flexibility index (Phi) is 3.80. The summed E-state index contributed by atoms with van der Waals surface area (Å²) in [5.74, 6) is 5.21. The van der Waals surface area contributed by atoms with Gasteiger partial charge in [0.15, 0.2) is 0 Å². The van der Waals surface area contributed by atoms with Crippen molar-refractivity contribution in [2.24, 2.45) is 5.90 Å². The fraction of sp³-hybridized carbons (Fsp3) is 0.538. The van der Waals surface area contributed by atoms with Crippen LogP contribution in [0.1, 0.15) is 25.3 Å². The fourth-order valence-electron chi connectivity index (χ4n) is 2.19. The maximum Gasteiger partial charge on any atom is 0.0821 e. The summed E-state index contributed by atoms with van der Waals surface area (Å²) in [7, 11) is 0. The van der Waals surface area contributed by atoms with E-state index in [1.165, 1.54) is 11.3 Å². The maximum absolute atomic E-state index is 5.21. The molecule has 0 amide bonds. The number of aryl methyl sites for hydroxylation is 1. The second-order valence-electron chi connectivity index (χ2n) is 4.34. The Labute approximate surface area is 97.1 Å². The van der Waals surface area contributed by atoms with E-state index in [-0.39, 0.29) is 6.10 Å². The number of rotatable bonds is 3. The highest BCUT2D eigenvalue weighted by molar-refractivity contribution is 5.48. The zero-order valence-electron chi connectivity index (χ0n) is 9.86. The van der Waals surface area contributed by atoms with E-state index in [4.69, 9.17) is 10.7 Å². The molecule has 0 aliphatic carbocycles. The van der Waals surface area contributed by atoms with Crippen LogP contribution in [-0.4, -0.2) is 19.2 Å². The van der Waals surface area contributed by atoms with Crippen molar-refractivity contribution >= 4 is 5.69 Å². The van der Waals surface area contributed by atoms with Gasteiger partial charge in [0.05, 0.1) is 6.10 Å². The SMILES string of the molecule is CCc1ccc(N2CCC(ON)CC2)cc1. The first-order chi connectivity index (χ1) is 7.83. The quantitative estimate of drug-likeness (QED) is 0.793. The zero-order chi connectivity index (χ0) is 11.4. The number of hydrogen-bond donors (Lipinski definition) is 1. The third-order valence-electron chi connectivity index (χ3n) is 3.34. The van der Waals surface area contributed by atoms with Crippen molar-refractivity contribution in [2.45, 2.75) is 32.3 Å². The minimum absolute atomic E-state index is 0.242. The molecule has 0 aromatic heterocycles. The molecular weight excluding hydrogens is 200 g/mol. The Hall–Kier alpha value is -1.06. The summed E-state index contributed by atoms with van der Waals surface area (Å²) in [5.41, 5.74) is 2.71. The lowest BCUT2D eigenvalue weighted by Crippen LogP contribution is -2.37. The van der Waals surface area contributed by atoms with Crippen LogP contribution in [0.25, 0.3) is 0 Å². The monoisotopic (exact) mass is 220 g/mol. The van der Waals surface area contributed by atoms with Crippen LogP contribution < -0.4 is 10.8 Å². The Balaban J connectivity index is 1.97. The van der Waals surface area contributed by atoms with Crippen molar-refractivity contribution in [3.63, 3.8) is 0 Å². The van der Waals surface area contributed by atoms with Crippen molar-refractivity contribution < 1.29 is 4.84 Å². The second kappa shape index (κ2) is 5.32. The number of piperidine rings is 1. The molecule has 1 aromatic rings. The zero-order valence-corrected chi connectivity index (χ0v) is 9.86. The van der Waals surface area contributed by atoms with E-state index in [1.54, 1.807) is 0 Å². The predicted octanol–water partition coefficient (Wildman–Crippen LogP) is 2.11. The molecule has 0 spiro atoms. The van der Waals surface area contributed by atoms with Crippen molar-refractivity contribution in [1.29, 1.82) is 0 Å². The molecule has 3 heteroatoms. The highest BCUT2D eigenvalue weighted by atomic mass is 16.6. The summed E-state index contributed by atoms with van der Waals surface area (Å²) in [4.78, 5) is 7.28. The fourth-order valence-corrected chi connectivity index (χ4v) is 2.19. The summed E-state index contributed by atoms with van der Waals surface area (Å²) < 4.78 is 0. The van der Waals surface area contributed by atoms with Crippen molar-refractivity contribution in [3.8, 4) is 0 Å². The predicted molar refractivity (Wildman–Crippen MR) is 66.3 cm³/mol. The molecule has 0 saturated carbocycles. The minimum Gasteiger partial charge on any atom is -0.371 e. The highest BCUT2D eigenvalue weighted by Gasteiger charge is 2.19. The van der Waals surface area contributed by atoms with Gasteiger partial charge in [0.25, 0.3) is 0 Å². The Morgan fingerprint density at radius 1 is 1.25 bits per heavy atom. The number of benzene rings is 1. The highest BCUT2D eigenvalue weighted by Crippen LogP contribution is 2.21. The Morgan fingerprint density at radius 3 is 2.38 bits per heavy atom. The molecule has 2 rings (SSSR count). The van der Waals surface area contributed by atoms with Gasteiger partial charge >= 0.3 is 0 Å². The molecule has 1 aliphatic rings. The van der Waals surface area contributed by atoms with Crippen LogP contribution in [-0.2, 0) is 11.3 Å². The summed E-state index contributed by atoms with van der Waals surface area (Å²) in [6.07, 6.45) is 3.38. The van der Waals surface area contributed by atoms with Crippen LogP contribution in [0.2, 0.25) is 0 Å².